The first-order chi connectivity index (χ1) is 9.11. The first-order valence-electron chi connectivity index (χ1n) is 6.88. The predicted molar refractivity (Wildman–Crippen MR) is 83.7 cm³/mol. The monoisotopic (exact) mass is 274 g/mol. The van der Waals surface area contributed by atoms with Crippen molar-refractivity contribution in [2.75, 3.05) is 6.54 Å². The zero-order valence-corrected chi connectivity index (χ0v) is 13.0. The summed E-state index contributed by atoms with van der Waals surface area (Å²) < 4.78 is 0. The van der Waals surface area contributed by atoms with Crippen molar-refractivity contribution in [3.05, 3.63) is 40.4 Å². The number of aromatic nitrogens is 1. The van der Waals surface area contributed by atoms with E-state index in [1.54, 1.807) is 11.3 Å². The highest BCUT2D eigenvalue weighted by atomic mass is 32.1. The summed E-state index contributed by atoms with van der Waals surface area (Å²) in [6.45, 7) is 9.73. The van der Waals surface area contributed by atoms with Crippen LogP contribution in [0.5, 0.6) is 0 Å². The Bertz CT molecular complexity index is 545. The number of rotatable bonds is 5. The zero-order valence-electron chi connectivity index (χ0n) is 12.2. The molecule has 2 rings (SSSR count). The summed E-state index contributed by atoms with van der Waals surface area (Å²) in [6, 6.07) is 6.94. The van der Waals surface area contributed by atoms with E-state index in [1.165, 1.54) is 21.6 Å². The lowest BCUT2D eigenvalue weighted by Crippen LogP contribution is -2.18. The Morgan fingerprint density at radius 1 is 1.32 bits per heavy atom. The lowest BCUT2D eigenvalue weighted by Gasteiger charge is -2.09. The second-order valence-corrected chi connectivity index (χ2v) is 6.12. The molecular weight excluding hydrogens is 252 g/mol. The lowest BCUT2D eigenvalue weighted by atomic mass is 10.1. The van der Waals surface area contributed by atoms with Gasteiger partial charge in [-0.2, -0.15) is 0 Å². The molecule has 0 radical (unpaired) electrons. The highest BCUT2D eigenvalue weighted by Gasteiger charge is 2.11. The number of nitrogens with one attached hydrogen (secondary N) is 1. The number of hydrogen-bond acceptors (Lipinski definition) is 3. The quantitative estimate of drug-likeness (QED) is 0.869. The Morgan fingerprint density at radius 3 is 2.79 bits per heavy atom. The molecule has 0 saturated carbocycles. The Morgan fingerprint density at radius 2 is 2.11 bits per heavy atom. The molecule has 0 aliphatic heterocycles. The molecule has 1 unspecified atom stereocenters. The van der Waals surface area contributed by atoms with Crippen molar-refractivity contribution in [3.63, 3.8) is 0 Å². The van der Waals surface area contributed by atoms with Gasteiger partial charge in [-0.3, -0.25) is 0 Å². The third-order valence-corrected chi connectivity index (χ3v) is 4.48. The molecule has 0 amide bonds. The first kappa shape index (κ1) is 14.2. The molecule has 0 saturated heterocycles. The van der Waals surface area contributed by atoms with Gasteiger partial charge in [0.2, 0.25) is 0 Å². The molecule has 0 spiro atoms. The van der Waals surface area contributed by atoms with Gasteiger partial charge in [-0.1, -0.05) is 30.7 Å². The van der Waals surface area contributed by atoms with E-state index in [1.807, 2.05) is 6.20 Å². The minimum absolute atomic E-state index is 0.386. The van der Waals surface area contributed by atoms with Crippen LogP contribution in [0, 0.1) is 13.8 Å². The van der Waals surface area contributed by atoms with Crippen molar-refractivity contribution in [3.8, 4) is 10.6 Å². The minimum Gasteiger partial charge on any atom is -0.309 e. The topological polar surface area (TPSA) is 24.9 Å². The molecule has 1 heterocycles. The van der Waals surface area contributed by atoms with E-state index in [9.17, 15) is 0 Å². The van der Waals surface area contributed by atoms with E-state index in [-0.39, 0.29) is 0 Å². The third-order valence-electron chi connectivity index (χ3n) is 3.26. The van der Waals surface area contributed by atoms with E-state index in [2.05, 4.69) is 56.2 Å². The van der Waals surface area contributed by atoms with Gasteiger partial charge >= 0.3 is 0 Å². The van der Waals surface area contributed by atoms with Crippen molar-refractivity contribution in [1.29, 1.82) is 0 Å². The molecule has 1 aromatic carbocycles. The lowest BCUT2D eigenvalue weighted by molar-refractivity contribution is 0.577. The largest absolute Gasteiger partial charge is 0.309 e. The summed E-state index contributed by atoms with van der Waals surface area (Å²) in [6.07, 6.45) is 3.17. The van der Waals surface area contributed by atoms with E-state index >= 15 is 0 Å². The molecule has 1 aromatic heterocycles. The summed E-state index contributed by atoms with van der Waals surface area (Å²) in [5, 5.41) is 4.63. The van der Waals surface area contributed by atoms with E-state index < -0.39 is 0 Å². The number of nitrogens with zero attached hydrogens (tertiary/aromatic N) is 1. The number of hydrogen-bond donors (Lipinski definition) is 1. The zero-order chi connectivity index (χ0) is 13.8. The summed E-state index contributed by atoms with van der Waals surface area (Å²) in [7, 11) is 0. The summed E-state index contributed by atoms with van der Waals surface area (Å²) in [5.74, 6) is 0. The van der Waals surface area contributed by atoms with Crippen LogP contribution in [0.2, 0.25) is 0 Å². The van der Waals surface area contributed by atoms with Crippen LogP contribution in [0.4, 0.5) is 0 Å². The summed E-state index contributed by atoms with van der Waals surface area (Å²) >= 11 is 1.79. The highest BCUT2D eigenvalue weighted by molar-refractivity contribution is 7.15. The maximum Gasteiger partial charge on any atom is 0.123 e. The molecule has 1 atom stereocenters. The highest BCUT2D eigenvalue weighted by Crippen LogP contribution is 2.31. The molecule has 2 aromatic rings. The van der Waals surface area contributed by atoms with Crippen molar-refractivity contribution < 1.29 is 0 Å². The Hall–Kier alpha value is -1.19. The predicted octanol–water partition coefficient (Wildman–Crippen LogP) is 4.49. The normalized spacial score (nSPS) is 12.6. The van der Waals surface area contributed by atoms with Gasteiger partial charge in [-0.15, -0.1) is 11.3 Å². The van der Waals surface area contributed by atoms with Gasteiger partial charge in [0.05, 0.1) is 0 Å². The standard InChI is InChI=1S/C16H22N2S/c1-5-8-17-13(4)15-10-18-16(19-15)14-7-6-11(2)9-12(14)3/h6-7,9-10,13,17H,5,8H2,1-4H3. The van der Waals surface area contributed by atoms with Crippen LogP contribution in [-0.2, 0) is 0 Å². The molecule has 0 bridgehead atoms. The Labute approximate surface area is 119 Å². The van der Waals surface area contributed by atoms with E-state index in [0.29, 0.717) is 6.04 Å². The van der Waals surface area contributed by atoms with Gasteiger partial charge in [0, 0.05) is 22.7 Å². The van der Waals surface area contributed by atoms with Gasteiger partial charge < -0.3 is 5.32 Å². The molecular formula is C16H22N2S. The molecule has 0 fully saturated rings. The molecule has 3 heteroatoms. The average molecular weight is 274 g/mol. The van der Waals surface area contributed by atoms with Crippen LogP contribution in [0.3, 0.4) is 0 Å². The maximum atomic E-state index is 4.58. The fraction of sp³-hybridized carbons (Fsp3) is 0.438. The van der Waals surface area contributed by atoms with Crippen molar-refractivity contribution >= 4 is 11.3 Å². The molecule has 19 heavy (non-hydrogen) atoms. The maximum absolute atomic E-state index is 4.58. The molecule has 2 nitrogen and oxygen atoms in total. The smallest absolute Gasteiger partial charge is 0.123 e. The van der Waals surface area contributed by atoms with Crippen molar-refractivity contribution in [1.82, 2.24) is 10.3 Å². The van der Waals surface area contributed by atoms with Crippen LogP contribution in [0.15, 0.2) is 24.4 Å². The van der Waals surface area contributed by atoms with Crippen LogP contribution < -0.4 is 5.32 Å². The second kappa shape index (κ2) is 6.31. The minimum atomic E-state index is 0.386. The van der Waals surface area contributed by atoms with Crippen LogP contribution >= 0.6 is 11.3 Å². The van der Waals surface area contributed by atoms with Gasteiger partial charge in [0.25, 0.3) is 0 Å². The molecule has 1 N–H and O–H groups in total. The van der Waals surface area contributed by atoms with E-state index in [4.69, 9.17) is 0 Å². The van der Waals surface area contributed by atoms with Gasteiger partial charge in [-0.05, 0) is 39.3 Å². The third kappa shape index (κ3) is 3.43. The average Bonchev–Trinajstić information content (AvgIpc) is 2.85. The fourth-order valence-electron chi connectivity index (χ4n) is 2.13. The number of benzene rings is 1. The van der Waals surface area contributed by atoms with Crippen LogP contribution in [-0.4, -0.2) is 11.5 Å². The van der Waals surface area contributed by atoms with E-state index in [0.717, 1.165) is 18.0 Å². The van der Waals surface area contributed by atoms with Crippen molar-refractivity contribution in [2.45, 2.75) is 40.2 Å². The molecule has 0 aliphatic carbocycles. The fourth-order valence-corrected chi connectivity index (χ4v) is 3.16. The van der Waals surface area contributed by atoms with Gasteiger partial charge in [0.15, 0.2) is 0 Å². The Balaban J connectivity index is 2.20. The van der Waals surface area contributed by atoms with Gasteiger partial charge in [0.1, 0.15) is 5.01 Å². The first-order valence-corrected chi connectivity index (χ1v) is 7.70. The SMILES string of the molecule is CCCNC(C)c1cnc(-c2ccc(C)cc2C)s1. The van der Waals surface area contributed by atoms with Gasteiger partial charge in [-0.25, -0.2) is 4.98 Å². The summed E-state index contributed by atoms with van der Waals surface area (Å²) in [5.41, 5.74) is 3.86. The number of thiazole rings is 1. The molecule has 0 aliphatic rings. The van der Waals surface area contributed by atoms with Crippen LogP contribution in [0.25, 0.3) is 10.6 Å². The van der Waals surface area contributed by atoms with Crippen molar-refractivity contribution in [2.24, 2.45) is 0 Å². The second-order valence-electron chi connectivity index (χ2n) is 5.06. The number of aryl methyl sites for hydroxylation is 2. The summed E-state index contributed by atoms with van der Waals surface area (Å²) in [4.78, 5) is 5.89. The molecule has 102 valence electrons. The Kier molecular flexibility index (Phi) is 4.72. The van der Waals surface area contributed by atoms with Crippen LogP contribution in [0.1, 0.15) is 42.3 Å².